The second kappa shape index (κ2) is 7.77. The number of rotatable bonds is 9. The fourth-order valence-electron chi connectivity index (χ4n) is 1.90. The van der Waals surface area contributed by atoms with E-state index in [0.29, 0.717) is 25.3 Å². The minimum atomic E-state index is -3.52. The van der Waals surface area contributed by atoms with E-state index in [2.05, 4.69) is 4.72 Å². The predicted octanol–water partition coefficient (Wildman–Crippen LogP) is 2.16. The van der Waals surface area contributed by atoms with Crippen molar-refractivity contribution in [2.24, 2.45) is 5.41 Å². The van der Waals surface area contributed by atoms with Gasteiger partial charge in [-0.15, -0.1) is 0 Å². The van der Waals surface area contributed by atoms with Gasteiger partial charge in [-0.05, 0) is 49.4 Å². The van der Waals surface area contributed by atoms with E-state index >= 15 is 0 Å². The summed E-state index contributed by atoms with van der Waals surface area (Å²) in [7, 11) is -3.52. The van der Waals surface area contributed by atoms with Gasteiger partial charge in [0.25, 0.3) is 0 Å². The van der Waals surface area contributed by atoms with Crippen molar-refractivity contribution in [1.29, 1.82) is 0 Å². The molecule has 21 heavy (non-hydrogen) atoms. The Balaban J connectivity index is 2.68. The van der Waals surface area contributed by atoms with Gasteiger partial charge in [0.05, 0.1) is 11.5 Å². The monoisotopic (exact) mass is 315 g/mol. The van der Waals surface area contributed by atoms with E-state index in [1.807, 2.05) is 20.8 Å². The van der Waals surface area contributed by atoms with E-state index in [1.54, 1.807) is 12.1 Å². The van der Waals surface area contributed by atoms with E-state index < -0.39 is 10.0 Å². The number of benzene rings is 1. The van der Waals surface area contributed by atoms with Crippen molar-refractivity contribution in [2.75, 3.05) is 19.8 Å². The van der Waals surface area contributed by atoms with E-state index in [0.717, 1.165) is 6.42 Å². The van der Waals surface area contributed by atoms with Crippen LogP contribution in [0.2, 0.25) is 0 Å². The highest BCUT2D eigenvalue weighted by Crippen LogP contribution is 2.22. The molecule has 1 aromatic carbocycles. The van der Waals surface area contributed by atoms with Crippen LogP contribution < -0.4 is 9.46 Å². The molecule has 1 aromatic rings. The zero-order chi connectivity index (χ0) is 15.9. The molecule has 1 rings (SSSR count). The minimum Gasteiger partial charge on any atom is -0.494 e. The normalized spacial score (nSPS) is 12.4. The molecule has 5 nitrogen and oxygen atoms in total. The maximum atomic E-state index is 12.2. The Morgan fingerprint density at radius 3 is 2.38 bits per heavy atom. The van der Waals surface area contributed by atoms with Crippen LogP contribution in [0.15, 0.2) is 29.2 Å². The summed E-state index contributed by atoms with van der Waals surface area (Å²) in [5.41, 5.74) is -0.193. The number of ether oxygens (including phenoxy) is 1. The quantitative estimate of drug-likeness (QED) is 0.732. The average Bonchev–Trinajstić information content (AvgIpc) is 2.44. The topological polar surface area (TPSA) is 75.6 Å². The lowest BCUT2D eigenvalue weighted by Crippen LogP contribution is -2.34. The first-order valence-electron chi connectivity index (χ1n) is 7.14. The van der Waals surface area contributed by atoms with Gasteiger partial charge in [0.15, 0.2) is 0 Å². The molecule has 0 aliphatic carbocycles. The molecule has 0 aliphatic rings. The lowest BCUT2D eigenvalue weighted by Gasteiger charge is -2.24. The molecule has 0 amide bonds. The largest absolute Gasteiger partial charge is 0.494 e. The molecule has 0 unspecified atom stereocenters. The third kappa shape index (κ3) is 6.03. The Bertz CT molecular complexity index is 523. The molecule has 0 atom stereocenters. The van der Waals surface area contributed by atoms with Crippen LogP contribution in [0.25, 0.3) is 0 Å². The number of hydrogen-bond acceptors (Lipinski definition) is 4. The summed E-state index contributed by atoms with van der Waals surface area (Å²) in [5.74, 6) is 0.653. The van der Waals surface area contributed by atoms with Crippen LogP contribution >= 0.6 is 0 Å². The molecular weight excluding hydrogens is 290 g/mol. The summed E-state index contributed by atoms with van der Waals surface area (Å²) in [4.78, 5) is 0.226. The second-order valence-electron chi connectivity index (χ2n) is 5.72. The summed E-state index contributed by atoms with van der Waals surface area (Å²) in [5, 5.41) is 8.85. The highest BCUT2D eigenvalue weighted by atomic mass is 32.2. The molecule has 0 saturated heterocycles. The summed E-state index contributed by atoms with van der Waals surface area (Å²) in [6.07, 6.45) is 1.42. The number of nitrogens with one attached hydrogen (secondary N) is 1. The Kier molecular flexibility index (Phi) is 6.64. The van der Waals surface area contributed by atoms with Crippen LogP contribution in [0.4, 0.5) is 0 Å². The molecule has 0 aliphatic heterocycles. The Hall–Kier alpha value is -1.11. The Morgan fingerprint density at radius 2 is 1.86 bits per heavy atom. The van der Waals surface area contributed by atoms with Crippen molar-refractivity contribution in [3.05, 3.63) is 24.3 Å². The standard InChI is InChI=1S/C15H25NO4S/c1-4-20-13-6-8-14(9-7-13)21(18,19)16-12-15(2,3)10-5-11-17/h6-9,16-17H,4-5,10-12H2,1-3H3. The Morgan fingerprint density at radius 1 is 1.24 bits per heavy atom. The lowest BCUT2D eigenvalue weighted by molar-refractivity contribution is 0.242. The summed E-state index contributed by atoms with van der Waals surface area (Å²) >= 11 is 0. The predicted molar refractivity (Wildman–Crippen MR) is 82.9 cm³/mol. The van der Waals surface area contributed by atoms with Gasteiger partial charge in [-0.2, -0.15) is 0 Å². The number of aliphatic hydroxyl groups is 1. The molecular formula is C15H25NO4S. The van der Waals surface area contributed by atoms with Gasteiger partial charge in [0.1, 0.15) is 5.75 Å². The summed E-state index contributed by atoms with van der Waals surface area (Å²) in [6.45, 7) is 6.83. The first kappa shape index (κ1) is 17.9. The zero-order valence-electron chi connectivity index (χ0n) is 12.9. The molecule has 0 aromatic heterocycles. The van der Waals surface area contributed by atoms with Crippen molar-refractivity contribution < 1.29 is 18.3 Å². The van der Waals surface area contributed by atoms with Gasteiger partial charge in [-0.25, -0.2) is 13.1 Å². The van der Waals surface area contributed by atoms with E-state index in [1.165, 1.54) is 12.1 Å². The third-order valence-electron chi connectivity index (χ3n) is 3.20. The maximum absolute atomic E-state index is 12.2. The number of sulfonamides is 1. The average molecular weight is 315 g/mol. The molecule has 0 fully saturated rings. The van der Waals surface area contributed by atoms with E-state index in [9.17, 15) is 8.42 Å². The third-order valence-corrected chi connectivity index (χ3v) is 4.61. The van der Waals surface area contributed by atoms with Gasteiger partial charge >= 0.3 is 0 Å². The van der Waals surface area contributed by atoms with Gasteiger partial charge in [0, 0.05) is 13.2 Å². The van der Waals surface area contributed by atoms with Crippen LogP contribution in [-0.2, 0) is 10.0 Å². The number of aliphatic hydroxyl groups excluding tert-OH is 1. The van der Waals surface area contributed by atoms with E-state index in [4.69, 9.17) is 9.84 Å². The first-order chi connectivity index (χ1) is 9.80. The molecule has 6 heteroatoms. The molecule has 120 valence electrons. The first-order valence-corrected chi connectivity index (χ1v) is 8.62. The lowest BCUT2D eigenvalue weighted by atomic mass is 9.88. The van der Waals surface area contributed by atoms with Crippen molar-refractivity contribution in [3.63, 3.8) is 0 Å². The van der Waals surface area contributed by atoms with Crippen LogP contribution in [0.1, 0.15) is 33.6 Å². The van der Waals surface area contributed by atoms with Crippen LogP contribution in [0.3, 0.4) is 0 Å². The second-order valence-corrected chi connectivity index (χ2v) is 7.49. The minimum absolute atomic E-state index is 0.120. The molecule has 0 radical (unpaired) electrons. The van der Waals surface area contributed by atoms with Gasteiger partial charge in [0.2, 0.25) is 10.0 Å². The van der Waals surface area contributed by atoms with E-state index in [-0.39, 0.29) is 16.9 Å². The van der Waals surface area contributed by atoms with Crippen molar-refractivity contribution in [3.8, 4) is 5.75 Å². The van der Waals surface area contributed by atoms with Gasteiger partial charge < -0.3 is 9.84 Å². The van der Waals surface area contributed by atoms with Gasteiger partial charge in [-0.3, -0.25) is 0 Å². The molecule has 0 bridgehead atoms. The fraction of sp³-hybridized carbons (Fsp3) is 0.600. The molecule has 0 saturated carbocycles. The summed E-state index contributed by atoms with van der Waals surface area (Å²) in [6, 6.07) is 6.37. The Labute approximate surface area is 127 Å². The SMILES string of the molecule is CCOc1ccc(S(=O)(=O)NCC(C)(C)CCCO)cc1. The summed E-state index contributed by atoms with van der Waals surface area (Å²) < 4.78 is 32.4. The molecule has 0 heterocycles. The maximum Gasteiger partial charge on any atom is 0.240 e. The fourth-order valence-corrected chi connectivity index (χ4v) is 3.14. The zero-order valence-corrected chi connectivity index (χ0v) is 13.7. The van der Waals surface area contributed by atoms with Crippen LogP contribution in [0.5, 0.6) is 5.75 Å². The van der Waals surface area contributed by atoms with Gasteiger partial charge in [-0.1, -0.05) is 13.8 Å². The molecule has 0 spiro atoms. The molecule has 2 N–H and O–H groups in total. The van der Waals surface area contributed by atoms with Crippen molar-refractivity contribution in [2.45, 2.75) is 38.5 Å². The highest BCUT2D eigenvalue weighted by Gasteiger charge is 2.22. The highest BCUT2D eigenvalue weighted by molar-refractivity contribution is 7.89. The van der Waals surface area contributed by atoms with Crippen molar-refractivity contribution >= 4 is 10.0 Å². The van der Waals surface area contributed by atoms with Crippen molar-refractivity contribution in [1.82, 2.24) is 4.72 Å². The smallest absolute Gasteiger partial charge is 0.240 e. The van der Waals surface area contributed by atoms with Crippen LogP contribution in [0, 0.1) is 5.41 Å². The van der Waals surface area contributed by atoms with Crippen LogP contribution in [-0.4, -0.2) is 33.3 Å². The number of hydrogen-bond donors (Lipinski definition) is 2.